The molecule has 0 unspecified atom stereocenters. The van der Waals surface area contributed by atoms with Gasteiger partial charge in [-0.05, 0) is 50.0 Å². The molecule has 2 heterocycles. The molecule has 0 amide bonds. The van der Waals surface area contributed by atoms with Crippen molar-refractivity contribution >= 4 is 16.7 Å². The number of hydrogen-bond acceptors (Lipinski definition) is 4. The van der Waals surface area contributed by atoms with Gasteiger partial charge in [-0.3, -0.25) is 14.7 Å². The van der Waals surface area contributed by atoms with E-state index in [4.69, 9.17) is 4.74 Å². The van der Waals surface area contributed by atoms with E-state index in [1.807, 2.05) is 24.3 Å². The standard InChI is InChI=1S/C18H22N2O2/c1-13-7-10-20(11-8-13)12-16(21)14-5-6-17(22-2)18-15(14)4-3-9-19-18/h3-6,9,13H,7-8,10-12H2,1-2H3. The molecule has 1 aromatic heterocycles. The van der Waals surface area contributed by atoms with Gasteiger partial charge in [0.1, 0.15) is 11.3 Å². The van der Waals surface area contributed by atoms with Gasteiger partial charge in [-0.25, -0.2) is 0 Å². The summed E-state index contributed by atoms with van der Waals surface area (Å²) in [6.07, 6.45) is 4.08. The van der Waals surface area contributed by atoms with Gasteiger partial charge in [-0.1, -0.05) is 13.0 Å². The van der Waals surface area contributed by atoms with E-state index in [0.717, 1.165) is 35.5 Å². The summed E-state index contributed by atoms with van der Waals surface area (Å²) in [4.78, 5) is 19.3. The average Bonchev–Trinajstić information content (AvgIpc) is 2.56. The Kier molecular flexibility index (Phi) is 4.39. The molecule has 22 heavy (non-hydrogen) atoms. The van der Waals surface area contributed by atoms with E-state index >= 15 is 0 Å². The zero-order valence-electron chi connectivity index (χ0n) is 13.2. The predicted octanol–water partition coefficient (Wildman–Crippen LogP) is 3.16. The van der Waals surface area contributed by atoms with E-state index < -0.39 is 0 Å². The summed E-state index contributed by atoms with van der Waals surface area (Å²) in [5.74, 6) is 1.64. The normalized spacial score (nSPS) is 16.8. The molecule has 1 aliphatic heterocycles. The minimum absolute atomic E-state index is 0.162. The number of likely N-dealkylation sites (tertiary alicyclic amines) is 1. The number of ether oxygens (including phenoxy) is 1. The van der Waals surface area contributed by atoms with Crippen molar-refractivity contribution in [3.63, 3.8) is 0 Å². The number of ketones is 1. The maximum atomic E-state index is 12.7. The maximum Gasteiger partial charge on any atom is 0.177 e. The third-order valence-electron chi connectivity index (χ3n) is 4.50. The summed E-state index contributed by atoms with van der Waals surface area (Å²) in [7, 11) is 1.62. The summed E-state index contributed by atoms with van der Waals surface area (Å²) in [6.45, 7) is 4.79. The van der Waals surface area contributed by atoms with Crippen molar-refractivity contribution in [3.05, 3.63) is 36.0 Å². The number of fused-ring (bicyclic) bond motifs is 1. The second kappa shape index (κ2) is 6.44. The molecule has 0 atom stereocenters. The number of aromatic nitrogens is 1. The summed E-state index contributed by atoms with van der Waals surface area (Å²) >= 11 is 0. The molecular formula is C18H22N2O2. The minimum Gasteiger partial charge on any atom is -0.494 e. The van der Waals surface area contributed by atoms with Gasteiger partial charge < -0.3 is 4.74 Å². The number of carbonyl (C=O) groups is 1. The summed E-state index contributed by atoms with van der Waals surface area (Å²) < 4.78 is 5.34. The number of pyridine rings is 1. The number of benzene rings is 1. The Bertz CT molecular complexity index is 676. The van der Waals surface area contributed by atoms with Crippen LogP contribution >= 0.6 is 0 Å². The number of Topliss-reactive ketones (excluding diaryl/α,β-unsaturated/α-hetero) is 1. The van der Waals surface area contributed by atoms with Crippen LogP contribution in [0, 0.1) is 5.92 Å². The fraction of sp³-hybridized carbons (Fsp3) is 0.444. The van der Waals surface area contributed by atoms with Gasteiger partial charge in [0.25, 0.3) is 0 Å². The highest BCUT2D eigenvalue weighted by Gasteiger charge is 2.20. The smallest absolute Gasteiger partial charge is 0.177 e. The van der Waals surface area contributed by atoms with Crippen molar-refractivity contribution in [1.29, 1.82) is 0 Å². The fourth-order valence-electron chi connectivity index (χ4n) is 3.06. The highest BCUT2D eigenvalue weighted by Crippen LogP contribution is 2.27. The molecule has 0 spiro atoms. The lowest BCUT2D eigenvalue weighted by Gasteiger charge is -2.29. The zero-order valence-corrected chi connectivity index (χ0v) is 13.2. The summed E-state index contributed by atoms with van der Waals surface area (Å²) in [5.41, 5.74) is 1.49. The Morgan fingerprint density at radius 1 is 1.32 bits per heavy atom. The molecule has 0 bridgehead atoms. The third-order valence-corrected chi connectivity index (χ3v) is 4.50. The minimum atomic E-state index is 0.162. The molecule has 116 valence electrons. The SMILES string of the molecule is COc1ccc(C(=O)CN2CCC(C)CC2)c2cccnc12. The first kappa shape index (κ1) is 15.0. The van der Waals surface area contributed by atoms with Gasteiger partial charge in [-0.2, -0.15) is 0 Å². The van der Waals surface area contributed by atoms with E-state index in [1.54, 1.807) is 13.3 Å². The van der Waals surface area contributed by atoms with E-state index in [1.165, 1.54) is 12.8 Å². The molecule has 1 fully saturated rings. The average molecular weight is 298 g/mol. The van der Waals surface area contributed by atoms with Crippen LogP contribution in [0.3, 0.4) is 0 Å². The van der Waals surface area contributed by atoms with Crippen molar-refractivity contribution in [1.82, 2.24) is 9.88 Å². The van der Waals surface area contributed by atoms with Gasteiger partial charge in [0.05, 0.1) is 13.7 Å². The van der Waals surface area contributed by atoms with Gasteiger partial charge in [-0.15, -0.1) is 0 Å². The monoisotopic (exact) mass is 298 g/mol. The Morgan fingerprint density at radius 3 is 2.82 bits per heavy atom. The molecule has 0 N–H and O–H groups in total. The predicted molar refractivity (Wildman–Crippen MR) is 87.5 cm³/mol. The highest BCUT2D eigenvalue weighted by molar-refractivity contribution is 6.09. The van der Waals surface area contributed by atoms with Crippen LogP contribution in [0.2, 0.25) is 0 Å². The molecule has 4 heteroatoms. The van der Waals surface area contributed by atoms with Crippen molar-refractivity contribution < 1.29 is 9.53 Å². The van der Waals surface area contributed by atoms with E-state index in [9.17, 15) is 4.79 Å². The quantitative estimate of drug-likeness (QED) is 0.813. The van der Waals surface area contributed by atoms with E-state index in [-0.39, 0.29) is 5.78 Å². The van der Waals surface area contributed by atoms with Gasteiger partial charge in [0.2, 0.25) is 0 Å². The molecular weight excluding hydrogens is 276 g/mol. The first-order chi connectivity index (χ1) is 10.7. The topological polar surface area (TPSA) is 42.4 Å². The molecule has 1 aliphatic rings. The third kappa shape index (κ3) is 2.97. The zero-order chi connectivity index (χ0) is 15.5. The van der Waals surface area contributed by atoms with E-state index in [2.05, 4.69) is 16.8 Å². The molecule has 0 saturated carbocycles. The fourth-order valence-corrected chi connectivity index (χ4v) is 3.06. The van der Waals surface area contributed by atoms with Crippen LogP contribution < -0.4 is 4.74 Å². The van der Waals surface area contributed by atoms with Crippen LogP contribution in [0.15, 0.2) is 30.5 Å². The molecule has 4 nitrogen and oxygen atoms in total. The molecule has 1 aromatic carbocycles. The van der Waals surface area contributed by atoms with Gasteiger partial charge >= 0.3 is 0 Å². The van der Waals surface area contributed by atoms with Crippen LogP contribution in [-0.2, 0) is 0 Å². The second-order valence-electron chi connectivity index (χ2n) is 6.10. The van der Waals surface area contributed by atoms with Crippen LogP contribution in [0.4, 0.5) is 0 Å². The maximum absolute atomic E-state index is 12.7. The molecule has 3 rings (SSSR count). The van der Waals surface area contributed by atoms with Gasteiger partial charge in [0.15, 0.2) is 5.78 Å². The molecule has 0 radical (unpaired) electrons. The van der Waals surface area contributed by atoms with E-state index in [0.29, 0.717) is 12.3 Å². The van der Waals surface area contributed by atoms with Crippen molar-refractivity contribution in [2.24, 2.45) is 5.92 Å². The number of carbonyl (C=O) groups excluding carboxylic acids is 1. The Labute approximate surface area is 131 Å². The number of hydrogen-bond donors (Lipinski definition) is 0. The Hall–Kier alpha value is -1.94. The number of piperidine rings is 1. The molecule has 2 aromatic rings. The van der Waals surface area contributed by atoms with Crippen molar-refractivity contribution in [3.8, 4) is 5.75 Å². The first-order valence-corrected chi connectivity index (χ1v) is 7.86. The van der Waals surface area contributed by atoms with Gasteiger partial charge in [0, 0.05) is 17.1 Å². The molecule has 1 saturated heterocycles. The molecule has 0 aliphatic carbocycles. The number of methoxy groups -OCH3 is 1. The van der Waals surface area contributed by atoms with Crippen molar-refractivity contribution in [2.75, 3.05) is 26.7 Å². The van der Waals surface area contributed by atoms with Crippen LogP contribution in [0.25, 0.3) is 10.9 Å². The first-order valence-electron chi connectivity index (χ1n) is 7.86. The van der Waals surface area contributed by atoms with Crippen molar-refractivity contribution in [2.45, 2.75) is 19.8 Å². The lowest BCUT2D eigenvalue weighted by atomic mass is 9.98. The highest BCUT2D eigenvalue weighted by atomic mass is 16.5. The Balaban J connectivity index is 1.85. The summed E-state index contributed by atoms with van der Waals surface area (Å²) in [6, 6.07) is 7.50. The van der Waals surface area contributed by atoms with Crippen LogP contribution in [0.5, 0.6) is 5.75 Å². The summed E-state index contributed by atoms with van der Waals surface area (Å²) in [5, 5.41) is 0.872. The lowest BCUT2D eigenvalue weighted by Crippen LogP contribution is -2.36. The largest absolute Gasteiger partial charge is 0.494 e. The van der Waals surface area contributed by atoms with Crippen LogP contribution in [0.1, 0.15) is 30.1 Å². The second-order valence-corrected chi connectivity index (χ2v) is 6.10. The number of rotatable bonds is 4. The lowest BCUT2D eigenvalue weighted by molar-refractivity contribution is 0.0901. The Morgan fingerprint density at radius 2 is 2.09 bits per heavy atom. The van der Waals surface area contributed by atoms with Crippen LogP contribution in [-0.4, -0.2) is 42.4 Å². The number of nitrogens with zero attached hydrogens (tertiary/aromatic N) is 2.